The highest BCUT2D eigenvalue weighted by Gasteiger charge is 2.34. The van der Waals surface area contributed by atoms with Gasteiger partial charge in [-0.3, -0.25) is 4.90 Å². The van der Waals surface area contributed by atoms with Crippen molar-refractivity contribution < 1.29 is 23.0 Å². The highest BCUT2D eigenvalue weighted by atomic mass is 32.2. The highest BCUT2D eigenvalue weighted by molar-refractivity contribution is 7.86. The molecule has 0 spiro atoms. The van der Waals surface area contributed by atoms with Crippen LogP contribution in [0.4, 0.5) is 0 Å². The Morgan fingerprint density at radius 2 is 1.63 bits per heavy atom. The van der Waals surface area contributed by atoms with Crippen molar-refractivity contribution in [3.63, 3.8) is 0 Å². The van der Waals surface area contributed by atoms with Crippen molar-refractivity contribution in [2.24, 2.45) is 5.92 Å². The molecule has 0 bridgehead atoms. The second-order valence-corrected chi connectivity index (χ2v) is 10.5. The summed E-state index contributed by atoms with van der Waals surface area (Å²) in [5.74, 6) is 1.99. The van der Waals surface area contributed by atoms with Gasteiger partial charge in [0.2, 0.25) is 0 Å². The molecule has 3 aliphatic rings. The zero-order valence-corrected chi connectivity index (χ0v) is 18.5. The summed E-state index contributed by atoms with van der Waals surface area (Å²) in [7, 11) is -3.38. The molecule has 3 heterocycles. The summed E-state index contributed by atoms with van der Waals surface area (Å²) in [5.41, 5.74) is 0.789. The molecule has 0 amide bonds. The Kier molecular flexibility index (Phi) is 6.84. The zero-order valence-electron chi connectivity index (χ0n) is 17.7. The lowest BCUT2D eigenvalue weighted by Crippen LogP contribution is -2.54. The molecular weight excluding hydrogens is 406 g/mol. The normalized spacial score (nSPS) is 23.8. The summed E-state index contributed by atoms with van der Waals surface area (Å²) in [4.78, 5) is 2.12. The van der Waals surface area contributed by atoms with Gasteiger partial charge in [-0.25, -0.2) is 0 Å². The Bertz CT molecular complexity index is 818. The van der Waals surface area contributed by atoms with Crippen LogP contribution in [-0.4, -0.2) is 86.1 Å². The maximum atomic E-state index is 12.9. The molecule has 0 radical (unpaired) electrons. The van der Waals surface area contributed by atoms with Crippen LogP contribution in [0.2, 0.25) is 0 Å². The molecule has 3 aliphatic heterocycles. The summed E-state index contributed by atoms with van der Waals surface area (Å²) in [5, 5.41) is 10.7. The van der Waals surface area contributed by atoms with E-state index in [4.69, 9.17) is 9.47 Å². The summed E-state index contributed by atoms with van der Waals surface area (Å²) >= 11 is 0. The number of piperazine rings is 1. The van der Waals surface area contributed by atoms with Gasteiger partial charge in [-0.15, -0.1) is 0 Å². The van der Waals surface area contributed by atoms with Crippen LogP contribution in [0.1, 0.15) is 37.9 Å². The average molecular weight is 440 g/mol. The van der Waals surface area contributed by atoms with Gasteiger partial charge in [0.15, 0.2) is 11.5 Å². The molecule has 1 N–H and O–H groups in total. The van der Waals surface area contributed by atoms with Crippen molar-refractivity contribution in [1.82, 2.24) is 13.5 Å². The molecule has 0 aromatic heterocycles. The van der Waals surface area contributed by atoms with E-state index in [9.17, 15) is 13.5 Å². The topological polar surface area (TPSA) is 82.6 Å². The molecule has 0 aliphatic carbocycles. The van der Waals surface area contributed by atoms with Crippen molar-refractivity contribution >= 4 is 10.2 Å². The number of fused-ring (bicyclic) bond motifs is 1. The first-order valence-corrected chi connectivity index (χ1v) is 12.4. The molecule has 1 aromatic rings. The van der Waals surface area contributed by atoms with Crippen molar-refractivity contribution in [3.8, 4) is 11.5 Å². The van der Waals surface area contributed by atoms with Crippen LogP contribution in [0.5, 0.6) is 11.5 Å². The molecule has 1 atom stereocenters. The van der Waals surface area contributed by atoms with Crippen molar-refractivity contribution in [2.45, 2.75) is 32.3 Å². The molecule has 0 unspecified atom stereocenters. The van der Waals surface area contributed by atoms with E-state index >= 15 is 0 Å². The van der Waals surface area contributed by atoms with Crippen LogP contribution in [0.25, 0.3) is 0 Å². The van der Waals surface area contributed by atoms with E-state index in [2.05, 4.69) is 11.8 Å². The number of nitrogens with zero attached hydrogens (tertiary/aromatic N) is 3. The molecule has 4 rings (SSSR count). The van der Waals surface area contributed by atoms with Crippen molar-refractivity contribution in [2.75, 3.05) is 59.0 Å². The number of rotatable bonds is 5. The van der Waals surface area contributed by atoms with Gasteiger partial charge < -0.3 is 14.6 Å². The van der Waals surface area contributed by atoms with E-state index in [-0.39, 0.29) is 0 Å². The van der Waals surface area contributed by atoms with Crippen LogP contribution < -0.4 is 9.47 Å². The Morgan fingerprint density at radius 1 is 1.00 bits per heavy atom. The second-order valence-electron chi connectivity index (χ2n) is 8.56. The fourth-order valence-electron chi connectivity index (χ4n) is 4.26. The van der Waals surface area contributed by atoms with E-state index < -0.39 is 16.3 Å². The zero-order chi connectivity index (χ0) is 21.1. The lowest BCUT2D eigenvalue weighted by Gasteiger charge is -2.39. The van der Waals surface area contributed by atoms with Crippen LogP contribution in [-0.2, 0) is 10.2 Å². The number of aliphatic hydroxyl groups is 1. The van der Waals surface area contributed by atoms with Gasteiger partial charge in [0.1, 0.15) is 0 Å². The predicted molar refractivity (Wildman–Crippen MR) is 114 cm³/mol. The molecule has 0 saturated carbocycles. The van der Waals surface area contributed by atoms with E-state index in [1.54, 1.807) is 8.61 Å². The fourth-order valence-corrected chi connectivity index (χ4v) is 5.88. The van der Waals surface area contributed by atoms with Gasteiger partial charge in [-0.2, -0.15) is 17.0 Å². The number of piperidine rings is 1. The first-order valence-electron chi connectivity index (χ1n) is 11.0. The van der Waals surface area contributed by atoms with E-state index in [0.717, 1.165) is 30.6 Å². The van der Waals surface area contributed by atoms with Gasteiger partial charge >= 0.3 is 0 Å². The van der Waals surface area contributed by atoms with Gasteiger partial charge in [0, 0.05) is 52.2 Å². The minimum absolute atomic E-state index is 0.461. The fraction of sp³-hybridized carbons (Fsp3) is 0.714. The average Bonchev–Trinajstić information content (AvgIpc) is 2.99. The Labute approximate surface area is 179 Å². The summed E-state index contributed by atoms with van der Waals surface area (Å²) < 4.78 is 40.4. The lowest BCUT2D eigenvalue weighted by atomic mass is 10.0. The number of β-amino-alcohol motifs (C(OH)–C–C–N with tert-alkyl or cyclic N) is 1. The lowest BCUT2D eigenvalue weighted by molar-refractivity contribution is 0.0901. The van der Waals surface area contributed by atoms with E-state index in [1.165, 1.54) is 0 Å². The maximum absolute atomic E-state index is 12.9. The minimum Gasteiger partial charge on any atom is -0.490 e. The van der Waals surface area contributed by atoms with Crippen LogP contribution in [0.3, 0.4) is 0 Å². The SMILES string of the molecule is CC1CCN(S(=O)(=O)N2CCN(C[C@H](O)c3ccc4c(c3)OCCCO4)CC2)CC1. The quantitative estimate of drug-likeness (QED) is 0.748. The first kappa shape index (κ1) is 21.8. The Balaban J connectivity index is 1.31. The van der Waals surface area contributed by atoms with Crippen LogP contribution >= 0.6 is 0 Å². The molecule has 2 fully saturated rings. The molecule has 30 heavy (non-hydrogen) atoms. The van der Waals surface area contributed by atoms with Gasteiger partial charge in [0.05, 0.1) is 19.3 Å². The largest absolute Gasteiger partial charge is 0.490 e. The van der Waals surface area contributed by atoms with Crippen molar-refractivity contribution in [3.05, 3.63) is 23.8 Å². The molecule has 1 aromatic carbocycles. The molecular formula is C21H33N3O5S. The first-order chi connectivity index (χ1) is 14.4. The molecule has 8 nitrogen and oxygen atoms in total. The molecule has 168 valence electrons. The number of hydrogen-bond donors (Lipinski definition) is 1. The van der Waals surface area contributed by atoms with Gasteiger partial charge in [-0.05, 0) is 36.5 Å². The standard InChI is InChI=1S/C21H33N3O5S/c1-17-5-7-23(8-6-17)30(26,27)24-11-9-22(10-12-24)16-19(25)18-3-4-20-21(15-18)29-14-2-13-28-20/h3-4,15,17,19,25H,2,5-14,16H2,1H3/t19-/m0/s1. The van der Waals surface area contributed by atoms with Gasteiger partial charge in [-0.1, -0.05) is 13.0 Å². The van der Waals surface area contributed by atoms with E-state index in [0.29, 0.717) is 70.7 Å². The smallest absolute Gasteiger partial charge is 0.282 e. The van der Waals surface area contributed by atoms with Crippen LogP contribution in [0.15, 0.2) is 18.2 Å². The maximum Gasteiger partial charge on any atom is 0.282 e. The molecule has 2 saturated heterocycles. The number of ether oxygens (including phenoxy) is 2. The Morgan fingerprint density at radius 3 is 2.33 bits per heavy atom. The monoisotopic (exact) mass is 439 g/mol. The summed E-state index contributed by atoms with van der Waals surface area (Å²) in [6.45, 7) is 7.28. The van der Waals surface area contributed by atoms with Crippen LogP contribution in [0, 0.1) is 5.92 Å². The summed E-state index contributed by atoms with van der Waals surface area (Å²) in [6.07, 6.45) is 2.05. The number of aliphatic hydroxyl groups excluding tert-OH is 1. The summed E-state index contributed by atoms with van der Waals surface area (Å²) in [6, 6.07) is 5.57. The highest BCUT2D eigenvalue weighted by Crippen LogP contribution is 2.32. The predicted octanol–water partition coefficient (Wildman–Crippen LogP) is 1.48. The third kappa shape index (κ3) is 4.91. The van der Waals surface area contributed by atoms with E-state index in [1.807, 2.05) is 18.2 Å². The number of hydrogen-bond acceptors (Lipinski definition) is 6. The number of benzene rings is 1. The third-order valence-corrected chi connectivity index (χ3v) is 8.35. The minimum atomic E-state index is -3.38. The third-order valence-electron chi connectivity index (χ3n) is 6.31. The second kappa shape index (κ2) is 9.40. The van der Waals surface area contributed by atoms with Crippen molar-refractivity contribution in [1.29, 1.82) is 0 Å². The Hall–Kier alpha value is -1.39. The molecule has 9 heteroatoms. The van der Waals surface area contributed by atoms with Gasteiger partial charge in [0.25, 0.3) is 10.2 Å².